The summed E-state index contributed by atoms with van der Waals surface area (Å²) in [6.07, 6.45) is 5.90. The third-order valence-electron chi connectivity index (χ3n) is 3.70. The van der Waals surface area contributed by atoms with Crippen molar-refractivity contribution >= 4 is 21.4 Å². The molecule has 0 unspecified atom stereocenters. The molecule has 0 spiro atoms. The molecular formula is C14H18N2OS. The van der Waals surface area contributed by atoms with Crippen LogP contribution in [0.3, 0.4) is 0 Å². The Bertz CT molecular complexity index is 581. The first-order valence-corrected chi connectivity index (χ1v) is 7.51. The first-order valence-electron chi connectivity index (χ1n) is 6.63. The van der Waals surface area contributed by atoms with Crippen molar-refractivity contribution in [2.75, 3.05) is 19.6 Å². The fourth-order valence-corrected chi connectivity index (χ4v) is 3.39. The molecule has 96 valence electrons. The zero-order valence-corrected chi connectivity index (χ0v) is 11.3. The van der Waals surface area contributed by atoms with E-state index in [0.717, 1.165) is 23.2 Å². The van der Waals surface area contributed by atoms with Crippen LogP contribution in [0.4, 0.5) is 0 Å². The van der Waals surface area contributed by atoms with Crippen LogP contribution in [0.5, 0.6) is 0 Å². The quantitative estimate of drug-likeness (QED) is 0.849. The molecule has 2 aromatic rings. The van der Waals surface area contributed by atoms with Gasteiger partial charge in [-0.2, -0.15) is 0 Å². The number of piperidine rings is 1. The van der Waals surface area contributed by atoms with Crippen molar-refractivity contribution in [2.24, 2.45) is 0 Å². The number of thiophene rings is 1. The Kier molecular flexibility index (Phi) is 3.48. The minimum Gasteiger partial charge on any atom is -0.314 e. The zero-order chi connectivity index (χ0) is 12.4. The molecule has 0 aliphatic carbocycles. The average molecular weight is 262 g/mol. The molecule has 18 heavy (non-hydrogen) atoms. The summed E-state index contributed by atoms with van der Waals surface area (Å²) in [7, 11) is 0. The number of nitrogens with zero attached hydrogens (tertiary/aromatic N) is 2. The third kappa shape index (κ3) is 2.35. The van der Waals surface area contributed by atoms with E-state index in [0.29, 0.717) is 0 Å². The van der Waals surface area contributed by atoms with Crippen LogP contribution in [0.2, 0.25) is 0 Å². The normalized spacial score (nSPS) is 17.3. The molecular weight excluding hydrogens is 244 g/mol. The Morgan fingerprint density at radius 3 is 2.78 bits per heavy atom. The molecule has 0 atom stereocenters. The lowest BCUT2D eigenvalue weighted by atomic mass is 10.1. The van der Waals surface area contributed by atoms with E-state index < -0.39 is 0 Å². The molecule has 0 N–H and O–H groups in total. The average Bonchev–Trinajstić information content (AvgIpc) is 2.88. The molecule has 2 aromatic heterocycles. The second-order valence-electron chi connectivity index (χ2n) is 4.92. The van der Waals surface area contributed by atoms with E-state index in [1.165, 1.54) is 32.4 Å². The lowest BCUT2D eigenvalue weighted by Crippen LogP contribution is -2.34. The summed E-state index contributed by atoms with van der Waals surface area (Å²) in [6, 6.07) is 3.98. The van der Waals surface area contributed by atoms with E-state index in [2.05, 4.69) is 11.0 Å². The number of rotatable bonds is 3. The summed E-state index contributed by atoms with van der Waals surface area (Å²) >= 11 is 1.63. The van der Waals surface area contributed by atoms with Gasteiger partial charge in [0.25, 0.3) is 5.56 Å². The lowest BCUT2D eigenvalue weighted by molar-refractivity contribution is 0.220. The van der Waals surface area contributed by atoms with Crippen molar-refractivity contribution in [3.8, 4) is 0 Å². The molecule has 3 heterocycles. The standard InChI is InChI=1S/C14H18N2OS/c17-14-12-5-11-18-13(12)4-8-16(14)10-9-15-6-2-1-3-7-15/h4-5,8,11H,1-3,6-7,9-10H2. The van der Waals surface area contributed by atoms with Gasteiger partial charge in [0.2, 0.25) is 0 Å². The van der Waals surface area contributed by atoms with Gasteiger partial charge in [0.1, 0.15) is 0 Å². The maximum atomic E-state index is 12.2. The second-order valence-corrected chi connectivity index (χ2v) is 5.86. The van der Waals surface area contributed by atoms with Gasteiger partial charge in [-0.05, 0) is 43.4 Å². The molecule has 1 aliphatic heterocycles. The van der Waals surface area contributed by atoms with Gasteiger partial charge in [-0.3, -0.25) is 4.79 Å². The highest BCUT2D eigenvalue weighted by atomic mass is 32.1. The van der Waals surface area contributed by atoms with Gasteiger partial charge in [-0.15, -0.1) is 11.3 Å². The van der Waals surface area contributed by atoms with Crippen molar-refractivity contribution in [1.82, 2.24) is 9.47 Å². The van der Waals surface area contributed by atoms with E-state index in [4.69, 9.17) is 0 Å². The van der Waals surface area contributed by atoms with Crippen LogP contribution in [0.1, 0.15) is 19.3 Å². The van der Waals surface area contributed by atoms with Crippen LogP contribution in [0, 0.1) is 0 Å². The zero-order valence-electron chi connectivity index (χ0n) is 10.5. The molecule has 1 aliphatic rings. The highest BCUT2D eigenvalue weighted by Crippen LogP contribution is 2.16. The van der Waals surface area contributed by atoms with Gasteiger partial charge >= 0.3 is 0 Å². The molecule has 3 nitrogen and oxygen atoms in total. The number of fused-ring (bicyclic) bond motifs is 1. The predicted octanol–water partition coefficient (Wildman–Crippen LogP) is 2.55. The van der Waals surface area contributed by atoms with Gasteiger partial charge in [-0.1, -0.05) is 6.42 Å². The highest BCUT2D eigenvalue weighted by molar-refractivity contribution is 7.17. The third-order valence-corrected chi connectivity index (χ3v) is 4.58. The maximum absolute atomic E-state index is 12.2. The van der Waals surface area contributed by atoms with Gasteiger partial charge < -0.3 is 9.47 Å². The van der Waals surface area contributed by atoms with Crippen LogP contribution < -0.4 is 5.56 Å². The van der Waals surface area contributed by atoms with Crippen LogP contribution in [0.15, 0.2) is 28.5 Å². The summed E-state index contributed by atoms with van der Waals surface area (Å²) in [5.41, 5.74) is 0.158. The van der Waals surface area contributed by atoms with Crippen molar-refractivity contribution in [2.45, 2.75) is 25.8 Å². The van der Waals surface area contributed by atoms with E-state index in [1.54, 1.807) is 11.3 Å². The summed E-state index contributed by atoms with van der Waals surface area (Å²) < 4.78 is 2.94. The van der Waals surface area contributed by atoms with E-state index in [-0.39, 0.29) is 5.56 Å². The van der Waals surface area contributed by atoms with Gasteiger partial charge in [0.05, 0.1) is 5.39 Å². The molecule has 0 amide bonds. The van der Waals surface area contributed by atoms with E-state index in [9.17, 15) is 4.79 Å². The Balaban J connectivity index is 1.74. The predicted molar refractivity (Wildman–Crippen MR) is 76.4 cm³/mol. The molecule has 0 saturated carbocycles. The van der Waals surface area contributed by atoms with Crippen molar-refractivity contribution in [3.63, 3.8) is 0 Å². The summed E-state index contributed by atoms with van der Waals surface area (Å²) in [5.74, 6) is 0. The molecule has 1 fully saturated rings. The van der Waals surface area contributed by atoms with Crippen molar-refractivity contribution in [3.05, 3.63) is 34.1 Å². The van der Waals surface area contributed by atoms with Crippen molar-refractivity contribution in [1.29, 1.82) is 0 Å². The molecule has 4 heteroatoms. The first kappa shape index (κ1) is 11.9. The topological polar surface area (TPSA) is 25.2 Å². The van der Waals surface area contributed by atoms with E-state index in [1.807, 2.05) is 22.2 Å². The fraction of sp³-hybridized carbons (Fsp3) is 0.500. The fourth-order valence-electron chi connectivity index (χ4n) is 2.62. The number of likely N-dealkylation sites (tertiary alicyclic amines) is 1. The number of hydrogen-bond acceptors (Lipinski definition) is 3. The molecule has 3 rings (SSSR count). The Morgan fingerprint density at radius 1 is 1.11 bits per heavy atom. The van der Waals surface area contributed by atoms with E-state index >= 15 is 0 Å². The monoisotopic (exact) mass is 262 g/mol. The molecule has 1 saturated heterocycles. The van der Waals surface area contributed by atoms with Crippen molar-refractivity contribution < 1.29 is 0 Å². The van der Waals surface area contributed by atoms with Crippen LogP contribution in [-0.4, -0.2) is 29.1 Å². The number of hydrogen-bond donors (Lipinski definition) is 0. The molecule has 0 bridgehead atoms. The smallest absolute Gasteiger partial charge is 0.259 e. The van der Waals surface area contributed by atoms with Gasteiger partial charge in [0, 0.05) is 24.0 Å². The van der Waals surface area contributed by atoms with Crippen LogP contribution in [-0.2, 0) is 6.54 Å². The summed E-state index contributed by atoms with van der Waals surface area (Å²) in [4.78, 5) is 14.7. The first-order chi connectivity index (χ1) is 8.84. The second kappa shape index (κ2) is 5.24. The number of aromatic nitrogens is 1. The Morgan fingerprint density at radius 2 is 1.94 bits per heavy atom. The lowest BCUT2D eigenvalue weighted by Gasteiger charge is -2.26. The molecule has 0 aromatic carbocycles. The highest BCUT2D eigenvalue weighted by Gasteiger charge is 2.10. The Labute approximate surface area is 111 Å². The van der Waals surface area contributed by atoms with Gasteiger partial charge in [-0.25, -0.2) is 0 Å². The van der Waals surface area contributed by atoms with Crippen LogP contribution >= 0.6 is 11.3 Å². The summed E-state index contributed by atoms with van der Waals surface area (Å²) in [5, 5.41) is 2.85. The summed E-state index contributed by atoms with van der Waals surface area (Å²) in [6.45, 7) is 4.19. The van der Waals surface area contributed by atoms with Crippen LogP contribution in [0.25, 0.3) is 10.1 Å². The molecule has 0 radical (unpaired) electrons. The minimum atomic E-state index is 0.158. The maximum Gasteiger partial charge on any atom is 0.259 e. The SMILES string of the molecule is O=c1c2ccsc2ccn1CCN1CCCCC1. The largest absolute Gasteiger partial charge is 0.314 e. The minimum absolute atomic E-state index is 0.158. The number of pyridine rings is 1. The van der Waals surface area contributed by atoms with Gasteiger partial charge in [0.15, 0.2) is 0 Å². The Hall–Kier alpha value is -1.13.